The Morgan fingerprint density at radius 3 is 2.59 bits per heavy atom. The minimum atomic E-state index is -0.758. The first-order valence-corrected chi connectivity index (χ1v) is 8.19. The predicted molar refractivity (Wildman–Crippen MR) is 86.3 cm³/mol. The molecule has 0 aliphatic heterocycles. The number of hydrogen-bond acceptors (Lipinski definition) is 3. The Morgan fingerprint density at radius 1 is 1.45 bits per heavy atom. The molecule has 2 N–H and O–H groups in total. The minimum Gasteiger partial charge on any atom is -0.388 e. The Kier molecular flexibility index (Phi) is 4.95. The van der Waals surface area contributed by atoms with Crippen LogP contribution >= 0.6 is 0 Å². The average Bonchev–Trinajstić information content (AvgIpc) is 2.97. The fraction of sp³-hybridized carbons (Fsp3) is 0.765. The molecule has 22 heavy (non-hydrogen) atoms. The summed E-state index contributed by atoms with van der Waals surface area (Å²) in [5.74, 6) is 0.567. The van der Waals surface area contributed by atoms with E-state index in [1.165, 1.54) is 0 Å². The molecule has 0 saturated heterocycles. The molecule has 1 aromatic rings. The molecule has 124 valence electrons. The smallest absolute Gasteiger partial charge is 0.242 e. The Balaban J connectivity index is 1.83. The standard InChI is InChI=1S/C17H29N3O2/c1-13(20-10-9-18-12-20)15(21)19-11-17(22)7-5-14(6-8-17)16(2,3)4/h9-10,12-14,22H,5-8,11H2,1-4H3,(H,19,21)/t13-,14?,17?/m0/s1. The fourth-order valence-electron chi connectivity index (χ4n) is 3.23. The van der Waals surface area contributed by atoms with Gasteiger partial charge in [-0.25, -0.2) is 4.98 Å². The molecule has 1 fully saturated rings. The average molecular weight is 307 g/mol. The van der Waals surface area contributed by atoms with Crippen molar-refractivity contribution < 1.29 is 9.90 Å². The summed E-state index contributed by atoms with van der Waals surface area (Å²) in [5.41, 5.74) is -0.466. The van der Waals surface area contributed by atoms with Gasteiger partial charge in [0.2, 0.25) is 5.91 Å². The van der Waals surface area contributed by atoms with E-state index in [4.69, 9.17) is 0 Å². The summed E-state index contributed by atoms with van der Waals surface area (Å²) in [6, 6.07) is -0.308. The molecular formula is C17H29N3O2. The van der Waals surface area contributed by atoms with Crippen molar-refractivity contribution in [3.63, 3.8) is 0 Å². The van der Waals surface area contributed by atoms with Gasteiger partial charge in [0.1, 0.15) is 6.04 Å². The maximum atomic E-state index is 12.2. The third-order valence-electron chi connectivity index (χ3n) is 5.08. The van der Waals surface area contributed by atoms with Crippen molar-refractivity contribution in [3.05, 3.63) is 18.7 Å². The Labute approximate surface area is 133 Å². The second-order valence-electron chi connectivity index (χ2n) is 7.77. The van der Waals surface area contributed by atoms with Crippen LogP contribution in [0.15, 0.2) is 18.7 Å². The fourth-order valence-corrected chi connectivity index (χ4v) is 3.23. The van der Waals surface area contributed by atoms with E-state index < -0.39 is 5.60 Å². The van der Waals surface area contributed by atoms with Gasteiger partial charge in [0.05, 0.1) is 11.9 Å². The van der Waals surface area contributed by atoms with Crippen LogP contribution in [0.2, 0.25) is 0 Å². The quantitative estimate of drug-likeness (QED) is 0.898. The summed E-state index contributed by atoms with van der Waals surface area (Å²) in [4.78, 5) is 16.1. The molecule has 1 aromatic heterocycles. The number of carbonyl (C=O) groups is 1. The van der Waals surface area contributed by atoms with E-state index in [2.05, 4.69) is 31.1 Å². The number of carbonyl (C=O) groups excluding carboxylic acids is 1. The zero-order chi connectivity index (χ0) is 16.4. The first-order valence-electron chi connectivity index (χ1n) is 8.19. The molecule has 1 aliphatic rings. The van der Waals surface area contributed by atoms with E-state index in [0.29, 0.717) is 17.9 Å². The van der Waals surface area contributed by atoms with E-state index >= 15 is 0 Å². The molecule has 0 bridgehead atoms. The van der Waals surface area contributed by atoms with Gasteiger partial charge in [-0.2, -0.15) is 0 Å². The highest BCUT2D eigenvalue weighted by molar-refractivity contribution is 5.79. The highest BCUT2D eigenvalue weighted by atomic mass is 16.3. The van der Waals surface area contributed by atoms with Crippen molar-refractivity contribution in [1.82, 2.24) is 14.9 Å². The molecular weight excluding hydrogens is 278 g/mol. The molecule has 5 nitrogen and oxygen atoms in total. The van der Waals surface area contributed by atoms with Gasteiger partial charge in [-0.05, 0) is 43.9 Å². The van der Waals surface area contributed by atoms with Crippen molar-refractivity contribution in [2.45, 2.75) is 65.0 Å². The maximum absolute atomic E-state index is 12.2. The lowest BCUT2D eigenvalue weighted by Gasteiger charge is -2.41. The van der Waals surface area contributed by atoms with Crippen LogP contribution < -0.4 is 5.32 Å². The summed E-state index contributed by atoms with van der Waals surface area (Å²) in [6.07, 6.45) is 8.62. The molecule has 1 atom stereocenters. The van der Waals surface area contributed by atoms with Gasteiger partial charge >= 0.3 is 0 Å². The van der Waals surface area contributed by atoms with Gasteiger partial charge in [0.15, 0.2) is 0 Å². The third-order valence-corrected chi connectivity index (χ3v) is 5.08. The lowest BCUT2D eigenvalue weighted by atomic mass is 9.68. The lowest BCUT2D eigenvalue weighted by molar-refractivity contribution is -0.125. The molecule has 0 radical (unpaired) electrons. The molecule has 1 aliphatic carbocycles. The molecule has 0 spiro atoms. The number of hydrogen-bond donors (Lipinski definition) is 2. The van der Waals surface area contributed by atoms with Crippen molar-refractivity contribution >= 4 is 5.91 Å². The number of nitrogens with one attached hydrogen (secondary N) is 1. The number of rotatable bonds is 4. The number of aromatic nitrogens is 2. The molecule has 1 saturated carbocycles. The second kappa shape index (κ2) is 6.41. The zero-order valence-electron chi connectivity index (χ0n) is 14.2. The molecule has 5 heteroatoms. The largest absolute Gasteiger partial charge is 0.388 e. The van der Waals surface area contributed by atoms with Crippen molar-refractivity contribution in [3.8, 4) is 0 Å². The van der Waals surface area contributed by atoms with E-state index in [9.17, 15) is 9.90 Å². The molecule has 2 rings (SSSR count). The molecule has 0 aromatic carbocycles. The number of nitrogens with zero attached hydrogens (tertiary/aromatic N) is 2. The van der Waals surface area contributed by atoms with Crippen LogP contribution in [0.5, 0.6) is 0 Å². The topological polar surface area (TPSA) is 67.2 Å². The van der Waals surface area contributed by atoms with E-state index in [0.717, 1.165) is 25.7 Å². The minimum absolute atomic E-state index is 0.0793. The predicted octanol–water partition coefficient (Wildman–Crippen LogP) is 2.53. The Bertz CT molecular complexity index is 483. The molecule has 0 unspecified atom stereocenters. The van der Waals surface area contributed by atoms with Gasteiger partial charge in [0.25, 0.3) is 0 Å². The van der Waals surface area contributed by atoms with E-state index in [1.54, 1.807) is 23.3 Å². The van der Waals surface area contributed by atoms with Crippen LogP contribution in [0.3, 0.4) is 0 Å². The van der Waals surface area contributed by atoms with Gasteiger partial charge in [-0.15, -0.1) is 0 Å². The summed E-state index contributed by atoms with van der Waals surface area (Å²) in [5, 5.41) is 13.6. The normalized spacial score (nSPS) is 27.4. The van der Waals surface area contributed by atoms with Crippen LogP contribution in [0.4, 0.5) is 0 Å². The monoisotopic (exact) mass is 307 g/mol. The zero-order valence-corrected chi connectivity index (χ0v) is 14.2. The van der Waals surface area contributed by atoms with Crippen LogP contribution in [0.1, 0.15) is 59.4 Å². The molecule has 1 amide bonds. The highest BCUT2D eigenvalue weighted by Crippen LogP contribution is 2.41. The van der Waals surface area contributed by atoms with E-state index in [-0.39, 0.29) is 11.9 Å². The van der Waals surface area contributed by atoms with Gasteiger partial charge in [0, 0.05) is 18.9 Å². The summed E-state index contributed by atoms with van der Waals surface area (Å²) >= 11 is 0. The first kappa shape index (κ1) is 17.0. The SMILES string of the molecule is C[C@@H](C(=O)NCC1(O)CCC(C(C)(C)C)CC1)n1ccnc1. The van der Waals surface area contributed by atoms with Crippen LogP contribution in [0, 0.1) is 11.3 Å². The summed E-state index contributed by atoms with van der Waals surface area (Å²) in [7, 11) is 0. The van der Waals surface area contributed by atoms with E-state index in [1.807, 2.05) is 6.92 Å². The summed E-state index contributed by atoms with van der Waals surface area (Å²) < 4.78 is 1.76. The van der Waals surface area contributed by atoms with Crippen LogP contribution in [0.25, 0.3) is 0 Å². The summed E-state index contributed by atoms with van der Waals surface area (Å²) in [6.45, 7) is 8.95. The number of aliphatic hydroxyl groups is 1. The second-order valence-corrected chi connectivity index (χ2v) is 7.77. The third kappa shape index (κ3) is 4.09. The maximum Gasteiger partial charge on any atom is 0.242 e. The Hall–Kier alpha value is -1.36. The highest BCUT2D eigenvalue weighted by Gasteiger charge is 2.37. The van der Waals surface area contributed by atoms with Crippen LogP contribution in [-0.4, -0.2) is 32.7 Å². The van der Waals surface area contributed by atoms with Crippen molar-refractivity contribution in [2.75, 3.05) is 6.54 Å². The number of imidazole rings is 1. The number of amides is 1. The Morgan fingerprint density at radius 2 is 2.09 bits per heavy atom. The van der Waals surface area contributed by atoms with Crippen molar-refractivity contribution in [1.29, 1.82) is 0 Å². The first-order chi connectivity index (χ1) is 10.2. The van der Waals surface area contributed by atoms with Gasteiger partial charge in [-0.3, -0.25) is 4.79 Å². The van der Waals surface area contributed by atoms with Gasteiger partial charge in [-0.1, -0.05) is 20.8 Å². The van der Waals surface area contributed by atoms with Crippen LogP contribution in [-0.2, 0) is 4.79 Å². The van der Waals surface area contributed by atoms with Crippen molar-refractivity contribution in [2.24, 2.45) is 11.3 Å². The van der Waals surface area contributed by atoms with Gasteiger partial charge < -0.3 is 15.0 Å². The molecule has 1 heterocycles. The lowest BCUT2D eigenvalue weighted by Crippen LogP contribution is -2.47.